The number of alkyl halides is 3. The number of piperazine rings is 1. The number of carbonyl (C=O) groups excluding carboxylic acids is 1. The van der Waals surface area contributed by atoms with Crippen LogP contribution in [0, 0.1) is 6.92 Å². The predicted molar refractivity (Wildman–Crippen MR) is 170 cm³/mol. The molecular formula is C31H36F3N9O. The van der Waals surface area contributed by atoms with Crippen LogP contribution in [0.2, 0.25) is 0 Å². The number of aryl methyl sites for hydroxylation is 1. The van der Waals surface area contributed by atoms with E-state index in [9.17, 15) is 18.0 Å². The van der Waals surface area contributed by atoms with Crippen molar-refractivity contribution in [1.29, 1.82) is 0 Å². The molecule has 2 fully saturated rings. The van der Waals surface area contributed by atoms with Crippen LogP contribution in [0.4, 0.5) is 30.2 Å². The van der Waals surface area contributed by atoms with Crippen LogP contribution in [-0.2, 0) is 6.18 Å². The minimum Gasteiger partial charge on any atom is -0.369 e. The number of nitrogens with zero attached hydrogens (tertiary/aromatic N) is 7. The number of amides is 1. The Bertz CT molecular complexity index is 1520. The van der Waals surface area contributed by atoms with E-state index in [1.54, 1.807) is 30.5 Å². The van der Waals surface area contributed by atoms with E-state index in [4.69, 9.17) is 4.99 Å². The van der Waals surface area contributed by atoms with Crippen molar-refractivity contribution in [2.75, 3.05) is 61.8 Å². The third kappa shape index (κ3) is 7.51. The summed E-state index contributed by atoms with van der Waals surface area (Å²) < 4.78 is 41.4. The quantitative estimate of drug-likeness (QED) is 0.331. The zero-order valence-corrected chi connectivity index (χ0v) is 24.9. The number of aliphatic imine (C=N–C) groups is 4. The second-order valence-corrected chi connectivity index (χ2v) is 11.0. The molecule has 0 spiro atoms. The van der Waals surface area contributed by atoms with Crippen molar-refractivity contribution >= 4 is 48.2 Å². The Morgan fingerprint density at radius 3 is 2.45 bits per heavy atom. The lowest BCUT2D eigenvalue weighted by Gasteiger charge is -2.34. The van der Waals surface area contributed by atoms with Gasteiger partial charge in [0.25, 0.3) is 5.91 Å². The molecule has 44 heavy (non-hydrogen) atoms. The van der Waals surface area contributed by atoms with Gasteiger partial charge >= 0.3 is 6.18 Å². The zero-order chi connectivity index (χ0) is 31.3. The summed E-state index contributed by atoms with van der Waals surface area (Å²) in [6.45, 7) is 9.78. The maximum Gasteiger partial charge on any atom is 0.416 e. The lowest BCUT2D eigenvalue weighted by molar-refractivity contribution is -0.137. The van der Waals surface area contributed by atoms with Crippen molar-refractivity contribution in [2.24, 2.45) is 20.0 Å². The first-order valence-corrected chi connectivity index (χ1v) is 14.5. The first-order chi connectivity index (χ1) is 21.1. The van der Waals surface area contributed by atoms with Crippen molar-refractivity contribution in [3.8, 4) is 0 Å². The molecule has 0 atom stereocenters. The van der Waals surface area contributed by atoms with Crippen LogP contribution < -0.4 is 15.5 Å². The molecule has 2 saturated heterocycles. The Morgan fingerprint density at radius 2 is 1.75 bits per heavy atom. The largest absolute Gasteiger partial charge is 0.416 e. The monoisotopic (exact) mass is 607 g/mol. The number of anilines is 3. The Hall–Kier alpha value is -4.52. The van der Waals surface area contributed by atoms with Crippen molar-refractivity contribution in [1.82, 2.24) is 9.80 Å². The lowest BCUT2D eigenvalue weighted by Crippen LogP contribution is -2.44. The summed E-state index contributed by atoms with van der Waals surface area (Å²) in [5.74, 6) is 0.517. The van der Waals surface area contributed by atoms with Gasteiger partial charge in [0.05, 0.1) is 11.3 Å². The van der Waals surface area contributed by atoms with E-state index in [-0.39, 0.29) is 11.3 Å². The molecule has 2 N–H and O–H groups in total. The van der Waals surface area contributed by atoms with E-state index < -0.39 is 17.6 Å². The maximum absolute atomic E-state index is 13.8. The van der Waals surface area contributed by atoms with E-state index in [1.807, 2.05) is 18.9 Å². The van der Waals surface area contributed by atoms with Crippen LogP contribution in [0.15, 0.2) is 67.9 Å². The van der Waals surface area contributed by atoms with Crippen LogP contribution in [-0.4, -0.2) is 87.3 Å². The van der Waals surface area contributed by atoms with Gasteiger partial charge in [-0.1, -0.05) is 6.07 Å². The second-order valence-electron chi connectivity index (χ2n) is 11.0. The number of likely N-dealkylation sites (tertiary alicyclic amines) is 1. The van der Waals surface area contributed by atoms with Crippen LogP contribution in [0.5, 0.6) is 0 Å². The van der Waals surface area contributed by atoms with Crippen molar-refractivity contribution in [2.45, 2.75) is 32.4 Å². The summed E-state index contributed by atoms with van der Waals surface area (Å²) >= 11 is 0. The SMILES string of the molecule is C=NC=N/C(Nc1cc(C(=O)Nc2cc(N3CCN(C)CC3)cc(C(F)(F)F)c2)ccc1C)=C1\CC=NC(N2CCCC2)=N1. The van der Waals surface area contributed by atoms with E-state index >= 15 is 0 Å². The Balaban J connectivity index is 1.40. The van der Waals surface area contributed by atoms with E-state index in [0.717, 1.165) is 56.7 Å². The Morgan fingerprint density at radius 1 is 1.00 bits per heavy atom. The standard InChI is InChI=1S/C31H36F3N9O/c1-21-6-7-22(16-27(21)39-28(37-20-35-2)26-8-9-36-30(40-26)43-10-4-5-11-43)29(44)38-24-17-23(31(32,33)34)18-25(19-24)42-14-12-41(3)13-15-42/h6-7,9,16-20,39H,2,4-5,8,10-15H2,1,3H3,(H,38,44)/b28-26-,37-20?. The highest BCUT2D eigenvalue weighted by atomic mass is 19.4. The molecular weight excluding hydrogens is 571 g/mol. The van der Waals surface area contributed by atoms with Gasteiger partial charge in [0.2, 0.25) is 5.96 Å². The number of nitrogens with one attached hydrogen (secondary N) is 2. The molecule has 0 bridgehead atoms. The number of halogens is 3. The van der Waals surface area contributed by atoms with Gasteiger partial charge in [-0.05, 0) is 69.4 Å². The molecule has 2 aromatic rings. The topological polar surface area (TPSA) is 100 Å². The smallest absolute Gasteiger partial charge is 0.369 e. The van der Waals surface area contributed by atoms with Crippen LogP contribution in [0.1, 0.15) is 40.7 Å². The molecule has 2 aromatic carbocycles. The van der Waals surface area contributed by atoms with Gasteiger partial charge in [-0.2, -0.15) is 13.2 Å². The van der Waals surface area contributed by atoms with Crippen LogP contribution in [0.25, 0.3) is 0 Å². The average molecular weight is 608 g/mol. The third-order valence-corrected chi connectivity index (χ3v) is 7.78. The summed E-state index contributed by atoms with van der Waals surface area (Å²) in [7, 11) is 1.98. The average Bonchev–Trinajstić information content (AvgIpc) is 3.55. The highest BCUT2D eigenvalue weighted by Crippen LogP contribution is 2.35. The molecule has 10 nitrogen and oxygen atoms in total. The molecule has 1 amide bonds. The predicted octanol–water partition coefficient (Wildman–Crippen LogP) is 5.25. The van der Waals surface area contributed by atoms with Crippen LogP contribution in [0.3, 0.4) is 0 Å². The van der Waals surface area contributed by atoms with E-state index in [2.05, 4.69) is 42.1 Å². The van der Waals surface area contributed by atoms with Crippen LogP contribution >= 0.6 is 0 Å². The number of guanidine groups is 1. The summed E-state index contributed by atoms with van der Waals surface area (Å²) in [5, 5.41) is 5.95. The fraction of sp³-hybridized carbons (Fsp3) is 0.387. The Labute approximate surface area is 254 Å². The minimum absolute atomic E-state index is 0.0728. The van der Waals surface area contributed by atoms with Gasteiger partial charge in [-0.15, -0.1) is 0 Å². The summed E-state index contributed by atoms with van der Waals surface area (Å²) in [5.41, 5.74) is 2.00. The first-order valence-electron chi connectivity index (χ1n) is 14.5. The van der Waals surface area contributed by atoms with Gasteiger partial charge in [0, 0.05) is 74.5 Å². The molecule has 232 valence electrons. The van der Waals surface area contributed by atoms with E-state index in [0.29, 0.717) is 48.4 Å². The number of rotatable bonds is 7. The van der Waals surface area contributed by atoms with Gasteiger partial charge in [-0.3, -0.25) is 9.79 Å². The molecule has 0 unspecified atom stereocenters. The summed E-state index contributed by atoms with van der Waals surface area (Å²) in [6.07, 6.45) is 1.15. The lowest BCUT2D eigenvalue weighted by atomic mass is 10.1. The van der Waals surface area contributed by atoms with Crippen molar-refractivity contribution in [3.05, 3.63) is 64.6 Å². The molecule has 0 aliphatic carbocycles. The molecule has 3 aliphatic heterocycles. The number of likely N-dealkylation sites (N-methyl/N-ethyl adjacent to an activating group) is 1. The molecule has 3 aliphatic rings. The fourth-order valence-corrected chi connectivity index (χ4v) is 5.23. The van der Waals surface area contributed by atoms with Gasteiger partial charge in [-0.25, -0.2) is 15.0 Å². The van der Waals surface area contributed by atoms with Gasteiger partial charge < -0.3 is 25.3 Å². The van der Waals surface area contributed by atoms with E-state index in [1.165, 1.54) is 6.34 Å². The number of allylic oxidation sites excluding steroid dienone is 1. The van der Waals surface area contributed by atoms with Gasteiger partial charge in [0.15, 0.2) is 5.82 Å². The maximum atomic E-state index is 13.8. The highest BCUT2D eigenvalue weighted by Gasteiger charge is 2.32. The number of hydrogen-bond donors (Lipinski definition) is 2. The van der Waals surface area contributed by atoms with Crippen molar-refractivity contribution < 1.29 is 18.0 Å². The molecule has 0 radical (unpaired) electrons. The minimum atomic E-state index is -4.56. The van der Waals surface area contributed by atoms with Gasteiger partial charge in [0.1, 0.15) is 6.34 Å². The third-order valence-electron chi connectivity index (χ3n) is 7.78. The summed E-state index contributed by atoms with van der Waals surface area (Å²) in [6, 6.07) is 8.72. The number of carbonyl (C=O) groups is 1. The number of hydrogen-bond acceptors (Lipinski definition) is 8. The Kier molecular flexibility index (Phi) is 9.43. The highest BCUT2D eigenvalue weighted by molar-refractivity contribution is 6.05. The summed E-state index contributed by atoms with van der Waals surface area (Å²) in [4.78, 5) is 36.9. The molecule has 0 saturated carbocycles. The zero-order valence-electron chi connectivity index (χ0n) is 24.9. The second kappa shape index (κ2) is 13.4. The molecule has 13 heteroatoms. The molecule has 5 rings (SSSR count). The normalized spacial score (nSPS) is 18.9. The molecule has 0 aromatic heterocycles. The van der Waals surface area contributed by atoms with Crippen molar-refractivity contribution in [3.63, 3.8) is 0 Å². The fourth-order valence-electron chi connectivity index (χ4n) is 5.23. The number of benzene rings is 2. The first kappa shape index (κ1) is 30.9. The molecule has 3 heterocycles.